The number of Topliss-reactive ketones (excluding diaryl/α,β-unsaturated/α-hetero) is 4. The average molecular weight is 760 g/mol. The summed E-state index contributed by atoms with van der Waals surface area (Å²) in [6, 6.07) is -0.362. The topological polar surface area (TPSA) is 206 Å². The highest BCUT2D eigenvalue weighted by Crippen LogP contribution is 2.95. The van der Waals surface area contributed by atoms with Gasteiger partial charge in [0.25, 0.3) is 0 Å². The summed E-state index contributed by atoms with van der Waals surface area (Å²) in [6.07, 6.45) is 0.299. The molecule has 5 N–H and O–H groups in total. The van der Waals surface area contributed by atoms with E-state index in [-0.39, 0.29) is 29.9 Å². The molecule has 11 rings (SSSR count). The first-order chi connectivity index (χ1) is 25.7. The predicted molar refractivity (Wildman–Crippen MR) is 187 cm³/mol. The van der Waals surface area contributed by atoms with E-state index in [4.69, 9.17) is 14.2 Å². The van der Waals surface area contributed by atoms with Gasteiger partial charge in [-0.1, -0.05) is 51.0 Å². The number of ketones is 4. The summed E-state index contributed by atoms with van der Waals surface area (Å²) < 4.78 is 19.5. The van der Waals surface area contributed by atoms with E-state index in [1.807, 2.05) is 32.9 Å². The third kappa shape index (κ3) is 2.71. The molecule has 6 aliphatic carbocycles. The second-order valence-corrected chi connectivity index (χ2v) is 19.8. The molecule has 7 bridgehead atoms. The second kappa shape index (κ2) is 9.45. The minimum Gasteiger partial charge on any atom is -0.500 e. The molecule has 0 aromatic carbocycles. The Bertz CT molecular complexity index is 2110. The van der Waals surface area contributed by atoms with Crippen LogP contribution in [0.1, 0.15) is 67.7 Å². The molecule has 19 atom stereocenters. The number of carbonyl (C=O) groups excluding carboxylic acids is 5. The lowest BCUT2D eigenvalue weighted by molar-refractivity contribution is -0.464. The fraction of sp³-hybridized carbons (Fsp3) is 0.738. The van der Waals surface area contributed by atoms with Crippen LogP contribution in [0.25, 0.3) is 0 Å². The van der Waals surface area contributed by atoms with Crippen molar-refractivity contribution in [3.8, 4) is 0 Å². The second-order valence-electron chi connectivity index (χ2n) is 19.8. The number of carbonyl (C=O) groups is 5. The summed E-state index contributed by atoms with van der Waals surface area (Å²) in [5.74, 6) is -12.3. The number of aliphatic hydroxyl groups is 4. The van der Waals surface area contributed by atoms with Crippen LogP contribution in [-0.2, 0) is 38.2 Å². The Kier molecular flexibility index (Phi) is 6.03. The van der Waals surface area contributed by atoms with Crippen LogP contribution >= 0.6 is 0 Å². The average Bonchev–Trinajstić information content (AvgIpc) is 3.90. The van der Waals surface area contributed by atoms with Crippen molar-refractivity contribution < 1.29 is 58.6 Å². The summed E-state index contributed by atoms with van der Waals surface area (Å²) >= 11 is 0. The largest absolute Gasteiger partial charge is 0.500 e. The van der Waals surface area contributed by atoms with Crippen molar-refractivity contribution in [3.63, 3.8) is 0 Å². The van der Waals surface area contributed by atoms with E-state index in [2.05, 4.69) is 19.2 Å². The van der Waals surface area contributed by atoms with Crippen molar-refractivity contribution in [2.75, 3.05) is 6.61 Å². The summed E-state index contributed by atoms with van der Waals surface area (Å²) in [6.45, 7) is 12.5. The molecular formula is C42H49NO12. The van der Waals surface area contributed by atoms with Gasteiger partial charge in [0.2, 0.25) is 11.7 Å². The number of hydrogen-bond acceptors (Lipinski definition) is 12. The van der Waals surface area contributed by atoms with Crippen LogP contribution in [0.2, 0.25) is 0 Å². The molecule has 55 heavy (non-hydrogen) atoms. The van der Waals surface area contributed by atoms with Crippen LogP contribution in [0.15, 0.2) is 35.1 Å². The number of rotatable bonds is 2. The maximum Gasteiger partial charge on any atom is 0.235 e. The Labute approximate surface area is 317 Å². The third-order valence-corrected chi connectivity index (χ3v) is 18.1. The molecule has 8 fully saturated rings. The molecule has 13 heteroatoms. The van der Waals surface area contributed by atoms with Gasteiger partial charge in [-0.3, -0.25) is 24.0 Å². The molecule has 1 amide bonds. The molecule has 5 heterocycles. The van der Waals surface area contributed by atoms with E-state index in [1.54, 1.807) is 0 Å². The van der Waals surface area contributed by atoms with Crippen molar-refractivity contribution in [3.05, 3.63) is 35.1 Å². The van der Waals surface area contributed by atoms with Gasteiger partial charge in [-0.05, 0) is 57.4 Å². The molecule has 3 spiro atoms. The Morgan fingerprint density at radius 3 is 2.38 bits per heavy atom. The highest BCUT2D eigenvalue weighted by atomic mass is 16.7. The van der Waals surface area contributed by atoms with Crippen LogP contribution in [0.4, 0.5) is 0 Å². The van der Waals surface area contributed by atoms with Crippen LogP contribution in [0, 0.1) is 68.5 Å². The van der Waals surface area contributed by atoms with Gasteiger partial charge >= 0.3 is 0 Å². The van der Waals surface area contributed by atoms with Crippen molar-refractivity contribution in [1.29, 1.82) is 0 Å². The molecule has 0 aromatic heterocycles. The number of amides is 1. The summed E-state index contributed by atoms with van der Waals surface area (Å²) in [5, 5.41) is 55.3. The lowest BCUT2D eigenvalue weighted by Crippen LogP contribution is -2.96. The maximum atomic E-state index is 16.5. The van der Waals surface area contributed by atoms with E-state index in [0.29, 0.717) is 12.8 Å². The van der Waals surface area contributed by atoms with E-state index < -0.39 is 134 Å². The smallest absolute Gasteiger partial charge is 0.235 e. The highest BCUT2D eigenvalue weighted by molar-refractivity contribution is 6.29. The molecule has 4 saturated heterocycles. The summed E-state index contributed by atoms with van der Waals surface area (Å²) in [4.78, 5) is 77.3. The first kappa shape index (κ1) is 35.1. The molecule has 11 aliphatic rings. The van der Waals surface area contributed by atoms with E-state index >= 15 is 24.0 Å². The summed E-state index contributed by atoms with van der Waals surface area (Å²) in [5.41, 5.74) is -14.9. The maximum absolute atomic E-state index is 16.5. The minimum atomic E-state index is -3.15. The van der Waals surface area contributed by atoms with Crippen molar-refractivity contribution in [1.82, 2.24) is 5.32 Å². The fourth-order valence-corrected chi connectivity index (χ4v) is 16.5. The summed E-state index contributed by atoms with van der Waals surface area (Å²) in [7, 11) is 0. The van der Waals surface area contributed by atoms with Gasteiger partial charge in [0.05, 0.1) is 42.0 Å². The van der Waals surface area contributed by atoms with Crippen molar-refractivity contribution in [2.45, 2.75) is 115 Å². The van der Waals surface area contributed by atoms with Gasteiger partial charge in [0, 0.05) is 35.1 Å². The van der Waals surface area contributed by atoms with Crippen molar-refractivity contribution in [2.24, 2.45) is 68.5 Å². The van der Waals surface area contributed by atoms with E-state index in [1.165, 1.54) is 20.1 Å². The number of aliphatic hydroxyl groups excluding tert-OH is 1. The van der Waals surface area contributed by atoms with Crippen LogP contribution < -0.4 is 5.32 Å². The predicted octanol–water partition coefficient (Wildman–Crippen LogP) is 0.856. The number of fused-ring (bicyclic) bond motifs is 4. The molecule has 4 saturated carbocycles. The third-order valence-electron chi connectivity index (χ3n) is 18.1. The van der Waals surface area contributed by atoms with Gasteiger partial charge in [0.1, 0.15) is 22.9 Å². The van der Waals surface area contributed by atoms with Gasteiger partial charge in [-0.25, -0.2) is 0 Å². The molecule has 5 aliphatic heterocycles. The van der Waals surface area contributed by atoms with Crippen LogP contribution in [-0.4, -0.2) is 104 Å². The van der Waals surface area contributed by atoms with Gasteiger partial charge in [-0.2, -0.15) is 0 Å². The number of ether oxygens (including phenoxy) is 3. The SMILES string of the molecule is CC1=C[C@@H]2/C=C(\C)CC[C@@H](O)[C@H]3O[C@@]4(O)C56C7OC([C@@H](C(=O)[C@]28C(=O)N[C@@H](CC(C)C)[C@@H]8[C@@H]1C)[C@@H]73)C51[C@@H](C)C(=O)[C@@]4(O)[C@]23COC=C2[C@@]1(C)C(=O)[C@@]6(O)C3=O. The monoisotopic (exact) mass is 759 g/mol. The first-order valence-corrected chi connectivity index (χ1v) is 20.1. The molecule has 13 nitrogen and oxygen atoms in total. The van der Waals surface area contributed by atoms with Gasteiger partial charge in [0.15, 0.2) is 34.3 Å². The Balaban J connectivity index is 1.25. The Morgan fingerprint density at radius 1 is 0.982 bits per heavy atom. The zero-order chi connectivity index (χ0) is 39.3. The normalized spacial score (nSPS) is 60.8. The van der Waals surface area contributed by atoms with Crippen molar-refractivity contribution >= 4 is 29.0 Å². The van der Waals surface area contributed by atoms with E-state index in [0.717, 1.165) is 11.1 Å². The Morgan fingerprint density at radius 2 is 1.69 bits per heavy atom. The standard InChI is InChI=1S/C42H49NO12/c1-15(2)10-21-26-18(5)17(4)12-20-11-16(3)8-9-22(44)27-24-25(29(46)37(20,26)34(49)43-21)30-38-19(6)28(45)41(51)36-14-53-13-23(36)35(38,7)32(47)39(50,33(36)48)40(38,31(24)54-30)42(41,52)55-27/h11-13,15,18-22,24-27,30-31,44,50-52H,8-10,14H2,1-7H3,(H,43,49)/b16-11+/t18-,19+,20+,21+,22-,24-,25-,26+,27-,30?,31?,35+,36-,37+,38?,39-,40?,41-,42+/m1/s1. The zero-order valence-corrected chi connectivity index (χ0v) is 32.0. The lowest BCUT2D eigenvalue weighted by atomic mass is 9.31. The van der Waals surface area contributed by atoms with Gasteiger partial charge < -0.3 is 40.0 Å². The number of nitrogens with one attached hydrogen (secondary N) is 1. The number of hydrogen-bond donors (Lipinski definition) is 5. The molecule has 294 valence electrons. The first-order valence-electron chi connectivity index (χ1n) is 20.1. The molecule has 0 radical (unpaired) electrons. The van der Waals surface area contributed by atoms with Crippen LogP contribution in [0.5, 0.6) is 0 Å². The van der Waals surface area contributed by atoms with Crippen LogP contribution in [0.3, 0.4) is 0 Å². The zero-order valence-electron chi connectivity index (χ0n) is 32.0. The highest BCUT2D eigenvalue weighted by Gasteiger charge is 3.12. The molecule has 4 unspecified atom stereocenters. The Hall–Kier alpha value is -3.07. The minimum absolute atomic E-state index is 0.0618. The van der Waals surface area contributed by atoms with Gasteiger partial charge in [-0.15, -0.1) is 0 Å². The number of allylic oxidation sites excluding steroid dienone is 4. The fourth-order valence-electron chi connectivity index (χ4n) is 16.5. The van der Waals surface area contributed by atoms with E-state index in [9.17, 15) is 20.4 Å². The lowest BCUT2D eigenvalue weighted by Gasteiger charge is -2.74. The molecule has 0 aromatic rings. The molecular weight excluding hydrogens is 710 g/mol. The quantitative estimate of drug-likeness (QED) is 0.197.